The quantitative estimate of drug-likeness (QED) is 0.471. The van der Waals surface area contributed by atoms with Gasteiger partial charge in [-0.2, -0.15) is 5.10 Å². The van der Waals surface area contributed by atoms with Gasteiger partial charge in [0.1, 0.15) is 5.76 Å². The topological polar surface area (TPSA) is 71.9 Å². The normalized spacial score (nSPS) is 10.7. The minimum absolute atomic E-state index is 0.0576. The number of nitro benzene ring substituents is 1. The Balaban J connectivity index is 2.09. The Labute approximate surface area is 103 Å². The van der Waals surface area contributed by atoms with Crippen molar-refractivity contribution >= 4 is 17.6 Å². The van der Waals surface area contributed by atoms with Crippen LogP contribution in [0.25, 0.3) is 0 Å². The highest BCUT2D eigenvalue weighted by molar-refractivity contribution is 5.76. The third kappa shape index (κ3) is 2.73. The molecule has 0 amide bonds. The van der Waals surface area contributed by atoms with Gasteiger partial charge in [0.25, 0.3) is 5.69 Å². The largest absolute Gasteiger partial charge is 0.463 e. The van der Waals surface area contributed by atoms with Crippen molar-refractivity contribution in [1.29, 1.82) is 0 Å². The fourth-order valence-corrected chi connectivity index (χ4v) is 1.36. The van der Waals surface area contributed by atoms with Crippen molar-refractivity contribution < 1.29 is 9.34 Å². The van der Waals surface area contributed by atoms with Gasteiger partial charge in [0.15, 0.2) is 0 Å². The molecule has 0 saturated heterocycles. The maximum atomic E-state index is 10.5. The lowest BCUT2D eigenvalue weighted by molar-refractivity contribution is -0.384. The highest BCUT2D eigenvalue weighted by Crippen LogP contribution is 2.18. The SMILES string of the molecule is CN(/N=C\c1ccco1)c1ccc([N+](=O)[O-])cc1. The monoisotopic (exact) mass is 245 g/mol. The molecule has 0 fully saturated rings. The molecule has 0 spiro atoms. The minimum atomic E-state index is -0.435. The van der Waals surface area contributed by atoms with Crippen molar-refractivity contribution in [3.63, 3.8) is 0 Å². The molecule has 18 heavy (non-hydrogen) atoms. The van der Waals surface area contributed by atoms with Gasteiger partial charge in [-0.05, 0) is 24.3 Å². The van der Waals surface area contributed by atoms with Crippen LogP contribution in [0.1, 0.15) is 5.76 Å². The van der Waals surface area contributed by atoms with E-state index in [1.165, 1.54) is 12.1 Å². The number of anilines is 1. The molecule has 0 saturated carbocycles. The number of benzene rings is 1. The molecule has 0 radical (unpaired) electrons. The van der Waals surface area contributed by atoms with E-state index in [1.54, 1.807) is 48.8 Å². The standard InChI is InChI=1S/C12H11N3O3/c1-14(13-9-12-3-2-8-18-12)10-4-6-11(7-5-10)15(16)17/h2-9H,1H3/b13-9-. The van der Waals surface area contributed by atoms with Gasteiger partial charge in [0.2, 0.25) is 0 Å². The number of hydrazone groups is 1. The summed E-state index contributed by atoms with van der Waals surface area (Å²) in [5.74, 6) is 0.642. The van der Waals surface area contributed by atoms with E-state index in [-0.39, 0.29) is 5.69 Å². The molecule has 6 nitrogen and oxygen atoms in total. The summed E-state index contributed by atoms with van der Waals surface area (Å²) in [6, 6.07) is 9.71. The lowest BCUT2D eigenvalue weighted by Gasteiger charge is -2.11. The van der Waals surface area contributed by atoms with E-state index < -0.39 is 4.92 Å². The molecule has 0 N–H and O–H groups in total. The maximum absolute atomic E-state index is 10.5. The summed E-state index contributed by atoms with van der Waals surface area (Å²) < 4.78 is 5.11. The fraction of sp³-hybridized carbons (Fsp3) is 0.0833. The van der Waals surface area contributed by atoms with Crippen molar-refractivity contribution in [3.05, 3.63) is 58.5 Å². The van der Waals surface area contributed by atoms with Crippen LogP contribution in [0.2, 0.25) is 0 Å². The van der Waals surface area contributed by atoms with Gasteiger partial charge in [0, 0.05) is 19.2 Å². The number of rotatable bonds is 4. The smallest absolute Gasteiger partial charge is 0.269 e. The lowest BCUT2D eigenvalue weighted by atomic mass is 10.3. The van der Waals surface area contributed by atoms with Crippen molar-refractivity contribution in [2.75, 3.05) is 12.1 Å². The molecule has 0 aliphatic rings. The second-order valence-electron chi connectivity index (χ2n) is 3.56. The Kier molecular flexibility index (Phi) is 3.38. The predicted octanol–water partition coefficient (Wildman–Crippen LogP) is 2.66. The molecule has 0 aliphatic carbocycles. The van der Waals surface area contributed by atoms with Crippen LogP contribution in [-0.4, -0.2) is 18.2 Å². The first-order valence-corrected chi connectivity index (χ1v) is 5.22. The molecule has 0 aliphatic heterocycles. The number of nitrogens with zero attached hydrogens (tertiary/aromatic N) is 3. The van der Waals surface area contributed by atoms with E-state index in [0.717, 1.165) is 5.69 Å². The summed E-state index contributed by atoms with van der Waals surface area (Å²) in [6.07, 6.45) is 3.13. The molecule has 2 rings (SSSR count). The third-order valence-electron chi connectivity index (χ3n) is 2.34. The van der Waals surface area contributed by atoms with Crippen LogP contribution < -0.4 is 5.01 Å². The van der Waals surface area contributed by atoms with Gasteiger partial charge in [-0.3, -0.25) is 15.1 Å². The zero-order valence-electron chi connectivity index (χ0n) is 9.69. The Hall–Kier alpha value is -2.63. The first kappa shape index (κ1) is 11.8. The predicted molar refractivity (Wildman–Crippen MR) is 67.8 cm³/mol. The Morgan fingerprint density at radius 1 is 1.33 bits per heavy atom. The Morgan fingerprint density at radius 3 is 2.61 bits per heavy atom. The van der Waals surface area contributed by atoms with E-state index >= 15 is 0 Å². The Bertz CT molecular complexity index is 546. The highest BCUT2D eigenvalue weighted by Gasteiger charge is 2.05. The third-order valence-corrected chi connectivity index (χ3v) is 2.34. The summed E-state index contributed by atoms with van der Waals surface area (Å²) in [5.41, 5.74) is 0.811. The van der Waals surface area contributed by atoms with E-state index in [9.17, 15) is 10.1 Å². The second-order valence-corrected chi connectivity index (χ2v) is 3.56. The zero-order valence-corrected chi connectivity index (χ0v) is 9.69. The molecule has 1 aromatic heterocycles. The summed E-state index contributed by atoms with van der Waals surface area (Å²) >= 11 is 0. The number of hydrogen-bond acceptors (Lipinski definition) is 5. The molecular formula is C12H11N3O3. The van der Waals surface area contributed by atoms with Gasteiger partial charge in [-0.15, -0.1) is 0 Å². The zero-order chi connectivity index (χ0) is 13.0. The van der Waals surface area contributed by atoms with Crippen LogP contribution in [0.3, 0.4) is 0 Å². The molecule has 2 aromatic rings. The minimum Gasteiger partial charge on any atom is -0.463 e. The second kappa shape index (κ2) is 5.13. The van der Waals surface area contributed by atoms with Crippen molar-refractivity contribution in [2.45, 2.75) is 0 Å². The van der Waals surface area contributed by atoms with E-state index in [0.29, 0.717) is 5.76 Å². The summed E-state index contributed by atoms with van der Waals surface area (Å²) in [4.78, 5) is 10.1. The number of non-ortho nitro benzene ring substituents is 1. The van der Waals surface area contributed by atoms with E-state index in [4.69, 9.17) is 4.42 Å². The van der Waals surface area contributed by atoms with Crippen LogP contribution in [0.15, 0.2) is 52.2 Å². The summed E-state index contributed by atoms with van der Waals surface area (Å²) in [7, 11) is 1.75. The van der Waals surface area contributed by atoms with Crippen LogP contribution in [-0.2, 0) is 0 Å². The maximum Gasteiger partial charge on any atom is 0.269 e. The molecule has 1 aromatic carbocycles. The molecule has 6 heteroatoms. The van der Waals surface area contributed by atoms with Gasteiger partial charge < -0.3 is 4.42 Å². The molecular weight excluding hydrogens is 234 g/mol. The van der Waals surface area contributed by atoms with Crippen molar-refractivity contribution in [3.8, 4) is 0 Å². The average molecular weight is 245 g/mol. The van der Waals surface area contributed by atoms with Crippen LogP contribution >= 0.6 is 0 Å². The number of hydrogen-bond donors (Lipinski definition) is 0. The van der Waals surface area contributed by atoms with E-state index in [2.05, 4.69) is 5.10 Å². The molecule has 0 bridgehead atoms. The van der Waals surface area contributed by atoms with Gasteiger partial charge in [0.05, 0.1) is 23.1 Å². The van der Waals surface area contributed by atoms with Crippen LogP contribution in [0.5, 0.6) is 0 Å². The molecule has 1 heterocycles. The fourth-order valence-electron chi connectivity index (χ4n) is 1.36. The summed E-state index contributed by atoms with van der Waals surface area (Å²) in [5, 5.41) is 16.3. The summed E-state index contributed by atoms with van der Waals surface area (Å²) in [6.45, 7) is 0. The molecule has 92 valence electrons. The van der Waals surface area contributed by atoms with E-state index in [1.807, 2.05) is 0 Å². The van der Waals surface area contributed by atoms with Crippen molar-refractivity contribution in [2.24, 2.45) is 5.10 Å². The van der Waals surface area contributed by atoms with Gasteiger partial charge >= 0.3 is 0 Å². The van der Waals surface area contributed by atoms with Gasteiger partial charge in [-0.1, -0.05) is 0 Å². The first-order chi connectivity index (χ1) is 8.66. The first-order valence-electron chi connectivity index (χ1n) is 5.22. The number of nitro groups is 1. The van der Waals surface area contributed by atoms with Crippen molar-refractivity contribution in [1.82, 2.24) is 0 Å². The van der Waals surface area contributed by atoms with Crippen LogP contribution in [0, 0.1) is 10.1 Å². The average Bonchev–Trinajstić information content (AvgIpc) is 2.89. The van der Waals surface area contributed by atoms with Crippen LogP contribution in [0.4, 0.5) is 11.4 Å². The number of furan rings is 1. The molecule has 0 atom stereocenters. The lowest BCUT2D eigenvalue weighted by Crippen LogP contribution is -2.08. The Morgan fingerprint density at radius 2 is 2.06 bits per heavy atom. The highest BCUT2D eigenvalue weighted by atomic mass is 16.6. The molecule has 0 unspecified atom stereocenters. The van der Waals surface area contributed by atoms with Gasteiger partial charge in [-0.25, -0.2) is 0 Å².